The van der Waals surface area contributed by atoms with Crippen LogP contribution in [0.25, 0.3) is 11.3 Å². The molecule has 0 atom stereocenters. The number of hydrogen-bond acceptors (Lipinski definition) is 8. The van der Waals surface area contributed by atoms with E-state index in [0.29, 0.717) is 16.1 Å². The molecule has 174 valence electrons. The average Bonchev–Trinajstić information content (AvgIpc) is 3.21. The van der Waals surface area contributed by atoms with Crippen molar-refractivity contribution in [2.45, 2.75) is 37.8 Å². The number of rotatable bonds is 7. The first-order chi connectivity index (χ1) is 16.5. The molecule has 0 radical (unpaired) electrons. The number of hydrogen-bond donors (Lipinski definition) is 2. The minimum absolute atomic E-state index is 0.0338. The lowest BCUT2D eigenvalue weighted by Gasteiger charge is -2.12. The smallest absolute Gasteiger partial charge is 0.341 e. The van der Waals surface area contributed by atoms with Crippen LogP contribution in [0.4, 0.5) is 5.00 Å². The molecular formula is C24H22N4O4S2. The third-order valence-electron chi connectivity index (χ3n) is 5.30. The van der Waals surface area contributed by atoms with Gasteiger partial charge in [0.2, 0.25) is 5.91 Å². The summed E-state index contributed by atoms with van der Waals surface area (Å²) in [5.41, 5.74) is 1.70. The van der Waals surface area contributed by atoms with Gasteiger partial charge < -0.3 is 15.0 Å². The summed E-state index contributed by atoms with van der Waals surface area (Å²) in [5.74, 6) is -0.786. The lowest BCUT2D eigenvalue weighted by atomic mass is 9.95. The van der Waals surface area contributed by atoms with Crippen LogP contribution in [0.15, 0.2) is 40.3 Å². The Bertz CT molecular complexity index is 1330. The molecule has 2 aromatic heterocycles. The van der Waals surface area contributed by atoms with Gasteiger partial charge in [0.25, 0.3) is 5.56 Å². The number of nitrogens with one attached hydrogen (secondary N) is 2. The number of thiophene rings is 1. The molecule has 0 bridgehead atoms. The number of esters is 1. The van der Waals surface area contributed by atoms with E-state index in [0.717, 1.165) is 47.9 Å². The van der Waals surface area contributed by atoms with Gasteiger partial charge in [-0.05, 0) is 38.2 Å². The number of fused-ring (bicyclic) bond motifs is 1. The minimum atomic E-state index is -0.560. The first kappa shape index (κ1) is 23.7. The van der Waals surface area contributed by atoms with Gasteiger partial charge in [-0.1, -0.05) is 42.1 Å². The summed E-state index contributed by atoms with van der Waals surface area (Å²) in [6.45, 7) is 2.01. The Morgan fingerprint density at radius 3 is 2.76 bits per heavy atom. The van der Waals surface area contributed by atoms with Crippen LogP contribution in [0.2, 0.25) is 0 Å². The van der Waals surface area contributed by atoms with Crippen molar-refractivity contribution in [1.82, 2.24) is 9.97 Å². The quantitative estimate of drug-likeness (QED) is 0.287. The highest BCUT2D eigenvalue weighted by molar-refractivity contribution is 7.99. The number of ether oxygens (including phenoxy) is 1. The highest BCUT2D eigenvalue weighted by Crippen LogP contribution is 2.38. The number of anilines is 1. The zero-order chi connectivity index (χ0) is 24.1. The maximum Gasteiger partial charge on any atom is 0.341 e. The Kier molecular flexibility index (Phi) is 7.45. The van der Waals surface area contributed by atoms with Crippen LogP contribution < -0.4 is 10.9 Å². The molecule has 0 aliphatic heterocycles. The molecular weight excluding hydrogens is 472 g/mol. The van der Waals surface area contributed by atoms with E-state index in [9.17, 15) is 19.6 Å². The maximum atomic E-state index is 12.7. The number of aromatic amines is 1. The van der Waals surface area contributed by atoms with Gasteiger partial charge in [-0.15, -0.1) is 11.3 Å². The van der Waals surface area contributed by atoms with Gasteiger partial charge in [0.1, 0.15) is 16.6 Å². The van der Waals surface area contributed by atoms with Gasteiger partial charge >= 0.3 is 5.97 Å². The molecule has 1 aliphatic rings. The Morgan fingerprint density at radius 1 is 1.26 bits per heavy atom. The van der Waals surface area contributed by atoms with Gasteiger partial charge in [0.15, 0.2) is 5.16 Å². The van der Waals surface area contributed by atoms with Crippen molar-refractivity contribution in [2.24, 2.45) is 0 Å². The first-order valence-corrected chi connectivity index (χ1v) is 12.7. The number of thioether (sulfide) groups is 1. The number of nitrogens with zero attached hydrogens (tertiary/aromatic N) is 2. The number of amides is 1. The fraction of sp³-hybridized carbons (Fsp3) is 0.292. The number of aryl methyl sites for hydroxylation is 1. The van der Waals surface area contributed by atoms with Crippen molar-refractivity contribution in [3.05, 3.63) is 62.3 Å². The van der Waals surface area contributed by atoms with E-state index < -0.39 is 11.5 Å². The Labute approximate surface area is 204 Å². The van der Waals surface area contributed by atoms with Crippen molar-refractivity contribution in [2.75, 3.05) is 17.7 Å². The van der Waals surface area contributed by atoms with Crippen LogP contribution in [-0.4, -0.2) is 34.2 Å². The van der Waals surface area contributed by atoms with E-state index in [1.165, 1.54) is 11.3 Å². The molecule has 0 fully saturated rings. The van der Waals surface area contributed by atoms with E-state index >= 15 is 0 Å². The molecule has 0 spiro atoms. The van der Waals surface area contributed by atoms with E-state index in [1.54, 1.807) is 31.2 Å². The van der Waals surface area contributed by atoms with Crippen LogP contribution in [0, 0.1) is 11.3 Å². The van der Waals surface area contributed by atoms with E-state index in [-0.39, 0.29) is 34.7 Å². The monoisotopic (exact) mass is 494 g/mol. The number of H-pyrrole nitrogens is 1. The van der Waals surface area contributed by atoms with Crippen molar-refractivity contribution in [3.8, 4) is 17.3 Å². The Balaban J connectivity index is 1.53. The SMILES string of the molecule is CCOC(=O)c1c(NC(=O)CSc2nc(-c3ccccc3)c(C#N)c(=O)[nH]2)sc2c1CCCC2. The molecule has 8 nitrogen and oxygen atoms in total. The summed E-state index contributed by atoms with van der Waals surface area (Å²) in [7, 11) is 0. The van der Waals surface area contributed by atoms with Crippen LogP contribution in [0.5, 0.6) is 0 Å². The summed E-state index contributed by atoms with van der Waals surface area (Å²) in [4.78, 5) is 45.8. The second-order valence-electron chi connectivity index (χ2n) is 7.54. The second-order valence-corrected chi connectivity index (χ2v) is 9.61. The molecule has 0 unspecified atom stereocenters. The molecule has 0 saturated carbocycles. The highest BCUT2D eigenvalue weighted by atomic mass is 32.2. The number of aromatic nitrogens is 2. The number of nitriles is 1. The topological polar surface area (TPSA) is 125 Å². The van der Waals surface area contributed by atoms with Crippen LogP contribution in [0.3, 0.4) is 0 Å². The van der Waals surface area contributed by atoms with Crippen molar-refractivity contribution in [3.63, 3.8) is 0 Å². The number of benzene rings is 1. The standard InChI is InChI=1S/C24H22N4O4S2/c1-2-32-23(31)19-15-10-6-7-11-17(15)34-22(19)26-18(29)13-33-24-27-20(14-8-4-3-5-9-14)16(12-25)21(30)28-24/h3-5,8-9H,2,6-7,10-11,13H2,1H3,(H,26,29)(H,27,28,30). The molecule has 34 heavy (non-hydrogen) atoms. The molecule has 1 aliphatic carbocycles. The fourth-order valence-electron chi connectivity index (χ4n) is 3.80. The first-order valence-electron chi connectivity index (χ1n) is 10.9. The van der Waals surface area contributed by atoms with Crippen LogP contribution >= 0.6 is 23.1 Å². The highest BCUT2D eigenvalue weighted by Gasteiger charge is 2.27. The number of carbonyl (C=O) groups excluding carboxylic acids is 2. The number of carbonyl (C=O) groups is 2. The largest absolute Gasteiger partial charge is 0.462 e. The van der Waals surface area contributed by atoms with Gasteiger partial charge in [0.05, 0.1) is 23.6 Å². The molecule has 10 heteroatoms. The zero-order valence-corrected chi connectivity index (χ0v) is 20.1. The summed E-state index contributed by atoms with van der Waals surface area (Å²) < 4.78 is 5.23. The molecule has 2 N–H and O–H groups in total. The fourth-order valence-corrected chi connectivity index (χ4v) is 5.75. The molecule has 2 heterocycles. The van der Waals surface area contributed by atoms with Gasteiger partial charge in [-0.2, -0.15) is 5.26 Å². The lowest BCUT2D eigenvalue weighted by molar-refractivity contribution is -0.113. The lowest BCUT2D eigenvalue weighted by Crippen LogP contribution is -2.18. The zero-order valence-electron chi connectivity index (χ0n) is 18.5. The molecule has 1 amide bonds. The third-order valence-corrected chi connectivity index (χ3v) is 7.38. The van der Waals surface area contributed by atoms with Gasteiger partial charge in [-0.3, -0.25) is 9.59 Å². The Hall–Kier alpha value is -3.42. The summed E-state index contributed by atoms with van der Waals surface area (Å²) >= 11 is 2.47. The van der Waals surface area contributed by atoms with E-state index in [1.807, 2.05) is 12.1 Å². The average molecular weight is 495 g/mol. The molecule has 4 rings (SSSR count). The molecule has 0 saturated heterocycles. The van der Waals surface area contributed by atoms with E-state index in [2.05, 4.69) is 15.3 Å². The predicted octanol–water partition coefficient (Wildman–Crippen LogP) is 4.16. The molecule has 3 aromatic rings. The van der Waals surface area contributed by atoms with Crippen molar-refractivity contribution in [1.29, 1.82) is 5.26 Å². The van der Waals surface area contributed by atoms with Gasteiger partial charge in [0, 0.05) is 10.4 Å². The summed E-state index contributed by atoms with van der Waals surface area (Å²) in [5, 5.41) is 13.0. The maximum absolute atomic E-state index is 12.7. The van der Waals surface area contributed by atoms with Crippen molar-refractivity contribution < 1.29 is 14.3 Å². The summed E-state index contributed by atoms with van der Waals surface area (Å²) in [6.07, 6.45) is 3.74. The third kappa shape index (κ3) is 5.05. The normalized spacial score (nSPS) is 12.5. The van der Waals surface area contributed by atoms with Gasteiger partial charge in [-0.25, -0.2) is 9.78 Å². The Morgan fingerprint density at radius 2 is 2.03 bits per heavy atom. The second kappa shape index (κ2) is 10.7. The summed E-state index contributed by atoms with van der Waals surface area (Å²) in [6, 6.07) is 10.8. The predicted molar refractivity (Wildman–Crippen MR) is 131 cm³/mol. The van der Waals surface area contributed by atoms with E-state index in [4.69, 9.17) is 4.74 Å². The molecule has 1 aromatic carbocycles. The van der Waals surface area contributed by atoms with Crippen LogP contribution in [-0.2, 0) is 22.4 Å². The van der Waals surface area contributed by atoms with Crippen molar-refractivity contribution >= 4 is 40.0 Å². The minimum Gasteiger partial charge on any atom is -0.462 e. The van der Waals surface area contributed by atoms with Crippen LogP contribution in [0.1, 0.15) is 46.1 Å².